The third kappa shape index (κ3) is 1.53. The van der Waals surface area contributed by atoms with Gasteiger partial charge in [-0.3, -0.25) is 5.14 Å². The van der Waals surface area contributed by atoms with Crippen LogP contribution in [0.3, 0.4) is 0 Å². The molecule has 1 atom stereocenters. The highest BCUT2D eigenvalue weighted by molar-refractivity contribution is 7.99. The molecule has 0 bridgehead atoms. The predicted octanol–water partition coefficient (Wildman–Crippen LogP) is -0.204. The molecule has 0 aromatic carbocycles. The first-order chi connectivity index (χ1) is 4.50. The molecular weight excluding hydrogens is 170 g/mol. The molecule has 1 aromatic heterocycles. The van der Waals surface area contributed by atoms with Crippen molar-refractivity contribution in [2.45, 2.75) is 11.3 Å². The minimum atomic E-state index is -2.64. The Balaban J connectivity index is 3.21. The van der Waals surface area contributed by atoms with Crippen molar-refractivity contribution in [1.29, 1.82) is 0 Å². The molecule has 56 valence electrons. The quantitative estimate of drug-likeness (QED) is 0.604. The molecule has 6 heteroatoms. The van der Waals surface area contributed by atoms with Gasteiger partial charge in [0.1, 0.15) is 5.01 Å². The summed E-state index contributed by atoms with van der Waals surface area (Å²) in [7, 11) is -2.64. The molecule has 0 amide bonds. The van der Waals surface area contributed by atoms with Gasteiger partial charge in [0.05, 0.1) is 9.71 Å². The van der Waals surface area contributed by atoms with Gasteiger partial charge in [-0.05, 0) is 12.8 Å². The summed E-state index contributed by atoms with van der Waals surface area (Å²) in [5, 5.41) is 13.2. The maximum absolute atomic E-state index is 11.0. The highest BCUT2D eigenvalue weighted by Gasteiger charge is 2.06. The van der Waals surface area contributed by atoms with Crippen LogP contribution in [-0.2, 0) is 9.71 Å². The molecule has 1 rings (SSSR count). The van der Waals surface area contributed by atoms with Crippen molar-refractivity contribution < 1.29 is 4.21 Å². The highest BCUT2D eigenvalue weighted by Crippen LogP contribution is 2.11. The molecule has 10 heavy (non-hydrogen) atoms. The fraction of sp³-hybridized carbons (Fsp3) is 0.250. The largest absolute Gasteiger partial charge is 0.254 e. The Morgan fingerprint density at radius 1 is 1.70 bits per heavy atom. The van der Waals surface area contributed by atoms with Crippen LogP contribution in [0.15, 0.2) is 4.34 Å². The molecule has 0 aliphatic heterocycles. The summed E-state index contributed by atoms with van der Waals surface area (Å²) >= 11 is 1.21. The fourth-order valence-corrected chi connectivity index (χ4v) is 1.94. The maximum Gasteiger partial charge on any atom is 0.209 e. The lowest BCUT2D eigenvalue weighted by Gasteiger charge is -1.90. The normalized spacial score (nSPS) is 16.6. The van der Waals surface area contributed by atoms with Crippen LogP contribution in [-0.4, -0.2) is 20.3 Å². The number of hydrogen-bond donors (Lipinski definition) is 1. The second kappa shape index (κ2) is 2.30. The lowest BCUT2D eigenvalue weighted by atomic mass is 10.9. The number of nitrogens with zero attached hydrogens (tertiary/aromatic N) is 2. The van der Waals surface area contributed by atoms with E-state index in [-0.39, 0.29) is 0 Å². The first kappa shape index (κ1) is 7.64. The Morgan fingerprint density at radius 2 is 2.30 bits per heavy atom. The van der Waals surface area contributed by atoms with Gasteiger partial charge in [0, 0.05) is 0 Å². The predicted molar refractivity (Wildman–Crippen MR) is 42.4 cm³/mol. The van der Waals surface area contributed by atoms with E-state index in [0.717, 1.165) is 5.01 Å². The smallest absolute Gasteiger partial charge is 0.209 e. The van der Waals surface area contributed by atoms with Crippen LogP contribution in [0, 0.1) is 6.92 Å². The van der Waals surface area contributed by atoms with Gasteiger partial charge in [-0.15, -0.1) is 10.2 Å². The van der Waals surface area contributed by atoms with Crippen molar-refractivity contribution >= 4 is 26.9 Å². The zero-order valence-electron chi connectivity index (χ0n) is 5.40. The minimum Gasteiger partial charge on any atom is -0.254 e. The van der Waals surface area contributed by atoms with Crippen LogP contribution in [0.1, 0.15) is 5.01 Å². The second-order valence-corrected chi connectivity index (χ2v) is 5.09. The van der Waals surface area contributed by atoms with Gasteiger partial charge in [0.15, 0.2) is 0 Å². The van der Waals surface area contributed by atoms with E-state index in [1.807, 2.05) is 0 Å². The standard InChI is InChI=1S/C4H7N3OS2/c1-3-6-7-4(9-3)10(2,5)8/h2H2,1H3,(H2,5,8). The number of nitrogens with two attached hydrogens (primary N) is 1. The number of aromatic nitrogens is 2. The zero-order chi connectivity index (χ0) is 7.78. The van der Waals surface area contributed by atoms with E-state index in [0.29, 0.717) is 4.34 Å². The maximum atomic E-state index is 11.0. The summed E-state index contributed by atoms with van der Waals surface area (Å²) in [5.74, 6) is 3.27. The summed E-state index contributed by atoms with van der Waals surface area (Å²) in [5.41, 5.74) is 0. The molecule has 0 radical (unpaired) electrons. The molecule has 2 N–H and O–H groups in total. The first-order valence-electron chi connectivity index (χ1n) is 2.45. The topological polar surface area (TPSA) is 68.9 Å². The van der Waals surface area contributed by atoms with Gasteiger partial charge in [-0.2, -0.15) is 0 Å². The van der Waals surface area contributed by atoms with Gasteiger partial charge >= 0.3 is 0 Å². The number of rotatable bonds is 1. The van der Waals surface area contributed by atoms with Crippen molar-refractivity contribution in [3.05, 3.63) is 5.01 Å². The van der Waals surface area contributed by atoms with Crippen molar-refractivity contribution in [1.82, 2.24) is 10.2 Å². The number of aryl methyl sites for hydroxylation is 1. The van der Waals surface area contributed by atoms with Gasteiger partial charge < -0.3 is 0 Å². The summed E-state index contributed by atoms with van der Waals surface area (Å²) in [4.78, 5) is 0. The molecule has 4 nitrogen and oxygen atoms in total. The third-order valence-corrected chi connectivity index (χ3v) is 3.21. The van der Waals surface area contributed by atoms with Crippen molar-refractivity contribution in [3.63, 3.8) is 0 Å². The Kier molecular flexibility index (Phi) is 1.76. The summed E-state index contributed by atoms with van der Waals surface area (Å²) in [6.07, 6.45) is 0. The molecule has 0 aliphatic rings. The third-order valence-electron chi connectivity index (χ3n) is 0.803. The summed E-state index contributed by atoms with van der Waals surface area (Å²) < 4.78 is 11.3. The number of hydrogen-bond acceptors (Lipinski definition) is 4. The molecule has 0 saturated heterocycles. The van der Waals surface area contributed by atoms with Gasteiger partial charge in [0.25, 0.3) is 0 Å². The Labute approximate surface area is 63.2 Å². The lowest BCUT2D eigenvalue weighted by molar-refractivity contribution is 0.680. The minimum absolute atomic E-state index is 0.310. The average molecular weight is 177 g/mol. The van der Waals surface area contributed by atoms with Crippen LogP contribution < -0.4 is 5.14 Å². The Bertz CT molecular complexity index is 326. The molecule has 1 heterocycles. The van der Waals surface area contributed by atoms with Gasteiger partial charge in [-0.1, -0.05) is 11.3 Å². The fourth-order valence-electron chi connectivity index (χ4n) is 0.418. The van der Waals surface area contributed by atoms with Gasteiger partial charge in [0.2, 0.25) is 4.34 Å². The van der Waals surface area contributed by atoms with Crippen LogP contribution >= 0.6 is 11.3 Å². The van der Waals surface area contributed by atoms with Gasteiger partial charge in [-0.25, -0.2) is 4.21 Å². The molecule has 1 aromatic rings. The van der Waals surface area contributed by atoms with Crippen molar-refractivity contribution in [2.75, 3.05) is 0 Å². The summed E-state index contributed by atoms with van der Waals surface area (Å²) in [6, 6.07) is 0. The van der Waals surface area contributed by atoms with Crippen LogP contribution in [0.25, 0.3) is 0 Å². The SMILES string of the molecule is C=S(N)(=O)c1nnc(C)s1. The van der Waals surface area contributed by atoms with E-state index in [4.69, 9.17) is 5.14 Å². The van der Waals surface area contributed by atoms with E-state index in [9.17, 15) is 4.21 Å². The van der Waals surface area contributed by atoms with E-state index >= 15 is 0 Å². The second-order valence-electron chi connectivity index (χ2n) is 1.81. The van der Waals surface area contributed by atoms with Crippen molar-refractivity contribution in [3.8, 4) is 0 Å². The van der Waals surface area contributed by atoms with E-state index < -0.39 is 9.71 Å². The van der Waals surface area contributed by atoms with Crippen LogP contribution in [0.4, 0.5) is 0 Å². The Morgan fingerprint density at radius 3 is 2.50 bits per heavy atom. The van der Waals surface area contributed by atoms with Crippen molar-refractivity contribution in [2.24, 2.45) is 5.14 Å². The molecule has 1 unspecified atom stereocenters. The van der Waals surface area contributed by atoms with E-state index in [1.165, 1.54) is 11.3 Å². The van der Waals surface area contributed by atoms with E-state index in [1.54, 1.807) is 6.92 Å². The van der Waals surface area contributed by atoms with Crippen LogP contribution in [0.5, 0.6) is 0 Å². The van der Waals surface area contributed by atoms with Crippen LogP contribution in [0.2, 0.25) is 0 Å². The average Bonchev–Trinajstić information content (AvgIpc) is 2.11. The Hall–Kier alpha value is -0.460. The molecule has 0 spiro atoms. The molecule has 0 saturated carbocycles. The monoisotopic (exact) mass is 177 g/mol. The summed E-state index contributed by atoms with van der Waals surface area (Å²) in [6.45, 7) is 1.77. The molecular formula is C4H7N3OS2. The zero-order valence-corrected chi connectivity index (χ0v) is 7.04. The lowest BCUT2D eigenvalue weighted by Crippen LogP contribution is -2.11. The molecule has 0 fully saturated rings. The first-order valence-corrected chi connectivity index (χ1v) is 5.06. The highest BCUT2D eigenvalue weighted by atomic mass is 32.2. The molecule has 0 aliphatic carbocycles. The van der Waals surface area contributed by atoms with E-state index in [2.05, 4.69) is 16.1 Å².